The van der Waals surface area contributed by atoms with Crippen LogP contribution in [-0.2, 0) is 22.9 Å². The molecule has 1 aromatic carbocycles. The van der Waals surface area contributed by atoms with Gasteiger partial charge in [-0.15, -0.1) is 22.9 Å². The van der Waals surface area contributed by atoms with Gasteiger partial charge in [0.1, 0.15) is 4.21 Å². The molecule has 3 nitrogen and oxygen atoms in total. The van der Waals surface area contributed by atoms with E-state index in [0.29, 0.717) is 10.6 Å². The Kier molecular flexibility index (Phi) is 5.81. The van der Waals surface area contributed by atoms with Crippen molar-refractivity contribution in [3.05, 3.63) is 52.9 Å². The number of benzene rings is 1. The number of nitrogens with one attached hydrogen (secondary N) is 1. The summed E-state index contributed by atoms with van der Waals surface area (Å²) in [6.45, 7) is 2.01. The Morgan fingerprint density at radius 3 is 2.48 bits per heavy atom. The molecule has 2 aromatic rings. The molecule has 0 saturated carbocycles. The van der Waals surface area contributed by atoms with Gasteiger partial charge in [-0.05, 0) is 30.5 Å². The molecule has 1 unspecified atom stereocenters. The summed E-state index contributed by atoms with van der Waals surface area (Å²) < 4.78 is 27.8. The van der Waals surface area contributed by atoms with Crippen molar-refractivity contribution in [1.29, 1.82) is 0 Å². The Morgan fingerprint density at radius 1 is 1.19 bits per heavy atom. The lowest BCUT2D eigenvalue weighted by molar-refractivity contribution is 0.563. The van der Waals surface area contributed by atoms with Crippen molar-refractivity contribution >= 4 is 33.0 Å². The topological polar surface area (TPSA) is 46.2 Å². The Bertz CT molecular complexity index is 668. The first-order chi connectivity index (χ1) is 10.0. The second-order valence-electron chi connectivity index (χ2n) is 4.74. The predicted molar refractivity (Wildman–Crippen MR) is 88.7 cm³/mol. The minimum Gasteiger partial charge on any atom is -0.206 e. The molecule has 0 bridgehead atoms. The highest BCUT2D eigenvalue weighted by atomic mass is 35.5. The van der Waals surface area contributed by atoms with Gasteiger partial charge in [-0.1, -0.05) is 37.3 Å². The minimum absolute atomic E-state index is 0.236. The van der Waals surface area contributed by atoms with E-state index in [-0.39, 0.29) is 11.9 Å². The van der Waals surface area contributed by atoms with Crippen molar-refractivity contribution in [2.24, 2.45) is 0 Å². The summed E-state index contributed by atoms with van der Waals surface area (Å²) in [5.41, 5.74) is 1.06. The smallest absolute Gasteiger partial charge is 0.206 e. The van der Waals surface area contributed by atoms with Gasteiger partial charge < -0.3 is 0 Å². The summed E-state index contributed by atoms with van der Waals surface area (Å²) in [6.07, 6.45) is 1.42. The van der Waals surface area contributed by atoms with Crippen LogP contribution >= 0.6 is 22.9 Å². The minimum atomic E-state index is -3.50. The highest BCUT2D eigenvalue weighted by Gasteiger charge is 2.21. The molecule has 6 heteroatoms. The predicted octanol–water partition coefficient (Wildman–Crippen LogP) is 3.44. The second-order valence-corrected chi connectivity index (χ2v) is 8.15. The van der Waals surface area contributed by atoms with E-state index in [1.807, 2.05) is 43.3 Å². The molecule has 0 saturated heterocycles. The molecule has 0 radical (unpaired) electrons. The molecule has 0 aliphatic rings. The first-order valence-corrected chi connectivity index (χ1v) is 9.59. The van der Waals surface area contributed by atoms with Crippen LogP contribution < -0.4 is 4.72 Å². The van der Waals surface area contributed by atoms with E-state index in [4.69, 9.17) is 11.6 Å². The Balaban J connectivity index is 2.10. The number of thiophene rings is 1. The summed E-state index contributed by atoms with van der Waals surface area (Å²) in [5.74, 6) is 0.236. The van der Waals surface area contributed by atoms with Crippen molar-refractivity contribution in [2.75, 3.05) is 5.88 Å². The first-order valence-electron chi connectivity index (χ1n) is 6.76. The average molecular weight is 344 g/mol. The van der Waals surface area contributed by atoms with Crippen LogP contribution in [0.2, 0.25) is 0 Å². The zero-order valence-electron chi connectivity index (χ0n) is 11.8. The van der Waals surface area contributed by atoms with E-state index in [9.17, 15) is 8.42 Å². The SMILES string of the molecule is CCc1ccc(S(=O)(=O)NC(CCl)Cc2ccccc2)s1. The van der Waals surface area contributed by atoms with Crippen LogP contribution in [0.3, 0.4) is 0 Å². The maximum Gasteiger partial charge on any atom is 0.250 e. The van der Waals surface area contributed by atoms with Crippen LogP contribution in [0.1, 0.15) is 17.4 Å². The van der Waals surface area contributed by atoms with Gasteiger partial charge in [-0.3, -0.25) is 0 Å². The number of rotatable bonds is 7. The van der Waals surface area contributed by atoms with Crippen molar-refractivity contribution in [1.82, 2.24) is 4.72 Å². The normalized spacial score (nSPS) is 13.2. The summed E-state index contributed by atoms with van der Waals surface area (Å²) in [7, 11) is -3.50. The fourth-order valence-corrected chi connectivity index (χ4v) is 4.82. The molecule has 1 heterocycles. The zero-order valence-corrected chi connectivity index (χ0v) is 14.1. The van der Waals surface area contributed by atoms with Crippen molar-refractivity contribution < 1.29 is 8.42 Å². The van der Waals surface area contributed by atoms with Gasteiger partial charge in [-0.2, -0.15) is 0 Å². The van der Waals surface area contributed by atoms with Crippen LogP contribution in [0.5, 0.6) is 0 Å². The summed E-state index contributed by atoms with van der Waals surface area (Å²) >= 11 is 7.22. The zero-order chi connectivity index (χ0) is 15.3. The highest BCUT2D eigenvalue weighted by Crippen LogP contribution is 2.22. The molecule has 2 rings (SSSR count). The number of hydrogen-bond donors (Lipinski definition) is 1. The fourth-order valence-electron chi connectivity index (χ4n) is 2.00. The summed E-state index contributed by atoms with van der Waals surface area (Å²) in [6, 6.07) is 12.9. The highest BCUT2D eigenvalue weighted by molar-refractivity contribution is 7.91. The van der Waals surface area contributed by atoms with Gasteiger partial charge in [0.05, 0.1) is 0 Å². The number of sulfonamides is 1. The van der Waals surface area contributed by atoms with Crippen LogP contribution in [-0.4, -0.2) is 20.3 Å². The van der Waals surface area contributed by atoms with E-state index in [0.717, 1.165) is 16.9 Å². The number of alkyl halides is 1. The van der Waals surface area contributed by atoms with E-state index >= 15 is 0 Å². The van der Waals surface area contributed by atoms with Gasteiger partial charge >= 0.3 is 0 Å². The Morgan fingerprint density at radius 2 is 1.90 bits per heavy atom. The maximum absolute atomic E-state index is 12.4. The van der Waals surface area contributed by atoms with Crippen molar-refractivity contribution in [3.8, 4) is 0 Å². The van der Waals surface area contributed by atoms with Gasteiger partial charge in [0.25, 0.3) is 0 Å². The molecule has 1 N–H and O–H groups in total. The van der Waals surface area contributed by atoms with Gasteiger partial charge in [0, 0.05) is 16.8 Å². The molecule has 0 aliphatic heterocycles. The fraction of sp³-hybridized carbons (Fsp3) is 0.333. The monoisotopic (exact) mass is 343 g/mol. The number of aryl methyl sites for hydroxylation is 1. The van der Waals surface area contributed by atoms with Crippen molar-refractivity contribution in [3.63, 3.8) is 0 Å². The quantitative estimate of drug-likeness (QED) is 0.783. The molecular weight excluding hydrogens is 326 g/mol. The molecule has 21 heavy (non-hydrogen) atoms. The van der Waals surface area contributed by atoms with Crippen LogP contribution in [0, 0.1) is 0 Å². The van der Waals surface area contributed by atoms with E-state index in [1.54, 1.807) is 6.07 Å². The molecule has 0 aliphatic carbocycles. The second kappa shape index (κ2) is 7.40. The average Bonchev–Trinajstić information content (AvgIpc) is 2.97. The lowest BCUT2D eigenvalue weighted by atomic mass is 10.1. The Labute approximate surface area is 135 Å². The molecule has 0 amide bonds. The lowest BCUT2D eigenvalue weighted by Gasteiger charge is -2.15. The lowest BCUT2D eigenvalue weighted by Crippen LogP contribution is -2.37. The van der Waals surface area contributed by atoms with Crippen molar-refractivity contribution in [2.45, 2.75) is 30.0 Å². The van der Waals surface area contributed by atoms with Gasteiger partial charge in [0.2, 0.25) is 10.0 Å². The van der Waals surface area contributed by atoms with E-state index in [1.165, 1.54) is 11.3 Å². The number of halogens is 1. The van der Waals surface area contributed by atoms with Crippen LogP contribution in [0.25, 0.3) is 0 Å². The van der Waals surface area contributed by atoms with Gasteiger partial charge in [-0.25, -0.2) is 13.1 Å². The molecular formula is C15H18ClNO2S2. The van der Waals surface area contributed by atoms with Gasteiger partial charge in [0.15, 0.2) is 0 Å². The molecule has 1 aromatic heterocycles. The van der Waals surface area contributed by atoms with Crippen LogP contribution in [0.15, 0.2) is 46.7 Å². The molecule has 1 atom stereocenters. The molecule has 0 fully saturated rings. The molecule has 114 valence electrons. The first kappa shape index (κ1) is 16.5. The third-order valence-corrected chi connectivity index (χ3v) is 6.70. The third kappa shape index (κ3) is 4.54. The maximum atomic E-state index is 12.4. The van der Waals surface area contributed by atoms with Crippen LogP contribution in [0.4, 0.5) is 0 Å². The largest absolute Gasteiger partial charge is 0.250 e. The summed E-state index contributed by atoms with van der Waals surface area (Å²) in [4.78, 5) is 1.06. The van der Waals surface area contributed by atoms with E-state index in [2.05, 4.69) is 4.72 Å². The third-order valence-electron chi connectivity index (χ3n) is 3.08. The van der Waals surface area contributed by atoms with E-state index < -0.39 is 10.0 Å². The Hall–Kier alpha value is -0.880. The number of hydrogen-bond acceptors (Lipinski definition) is 3. The molecule has 0 spiro atoms. The summed E-state index contributed by atoms with van der Waals surface area (Å²) in [5, 5.41) is 0. The standard InChI is InChI=1S/C15H18ClNO2S2/c1-2-14-8-9-15(20-14)21(18,19)17-13(11-16)10-12-6-4-3-5-7-12/h3-9,13,17H,2,10-11H2,1H3.